The molecule has 2 aromatic rings. The molecule has 0 radical (unpaired) electrons. The minimum absolute atomic E-state index is 0.129. The number of thiophene rings is 1. The van der Waals surface area contributed by atoms with Gasteiger partial charge < -0.3 is 15.1 Å². The van der Waals surface area contributed by atoms with E-state index in [1.165, 1.54) is 24.2 Å². The lowest BCUT2D eigenvalue weighted by Gasteiger charge is -2.32. The number of amides is 2. The molecule has 3 heterocycles. The number of sulfonamides is 1. The average Bonchev–Trinajstić information content (AvgIpc) is 3.43. The summed E-state index contributed by atoms with van der Waals surface area (Å²) in [6.07, 6.45) is 3.56. The van der Waals surface area contributed by atoms with E-state index in [1.807, 2.05) is 24.3 Å². The maximum Gasteiger partial charge on any atom is 0.321 e. The van der Waals surface area contributed by atoms with Crippen molar-refractivity contribution in [2.75, 3.05) is 36.4 Å². The SMILES string of the molecule is O=C(Nc1ccccc1N1CCCC1)N1CCC(NS(=O)(=O)c2cccs2)CC1. The van der Waals surface area contributed by atoms with Gasteiger partial charge in [0.05, 0.1) is 11.4 Å². The van der Waals surface area contributed by atoms with Crippen molar-refractivity contribution in [3.8, 4) is 0 Å². The molecule has 0 saturated carbocycles. The van der Waals surface area contributed by atoms with Gasteiger partial charge in [-0.15, -0.1) is 11.3 Å². The van der Waals surface area contributed by atoms with Gasteiger partial charge in [-0.25, -0.2) is 17.9 Å². The Bertz CT molecular complexity index is 932. The third-order valence-electron chi connectivity index (χ3n) is 5.46. The minimum Gasteiger partial charge on any atom is -0.370 e. The minimum atomic E-state index is -3.47. The summed E-state index contributed by atoms with van der Waals surface area (Å²) in [4.78, 5) is 16.8. The number of nitrogens with zero attached hydrogens (tertiary/aromatic N) is 2. The van der Waals surface area contributed by atoms with Crippen molar-refractivity contribution in [3.63, 3.8) is 0 Å². The first-order valence-electron chi connectivity index (χ1n) is 9.99. The first-order valence-corrected chi connectivity index (χ1v) is 12.3. The number of hydrogen-bond donors (Lipinski definition) is 2. The van der Waals surface area contributed by atoms with Crippen LogP contribution >= 0.6 is 11.3 Å². The van der Waals surface area contributed by atoms with Gasteiger partial charge in [-0.05, 0) is 49.3 Å². The average molecular weight is 435 g/mol. The van der Waals surface area contributed by atoms with E-state index in [2.05, 4.69) is 14.9 Å². The van der Waals surface area contributed by atoms with Gasteiger partial charge in [0, 0.05) is 32.2 Å². The summed E-state index contributed by atoms with van der Waals surface area (Å²) in [5.74, 6) is 0. The number of hydrogen-bond acceptors (Lipinski definition) is 5. The number of likely N-dealkylation sites (tertiary alicyclic amines) is 1. The van der Waals surface area contributed by atoms with Crippen LogP contribution in [0.4, 0.5) is 16.2 Å². The molecule has 0 atom stereocenters. The quantitative estimate of drug-likeness (QED) is 0.756. The van der Waals surface area contributed by atoms with Crippen LogP contribution in [0.15, 0.2) is 46.0 Å². The van der Waals surface area contributed by atoms with E-state index in [0.29, 0.717) is 30.1 Å². The molecular formula is C20H26N4O3S2. The van der Waals surface area contributed by atoms with Gasteiger partial charge in [0.15, 0.2) is 0 Å². The van der Waals surface area contributed by atoms with Gasteiger partial charge in [0.1, 0.15) is 4.21 Å². The number of urea groups is 1. The van der Waals surface area contributed by atoms with Crippen LogP contribution in [-0.4, -0.2) is 51.6 Å². The molecule has 0 spiro atoms. The highest BCUT2D eigenvalue weighted by Crippen LogP contribution is 2.29. The highest BCUT2D eigenvalue weighted by atomic mass is 32.2. The zero-order valence-electron chi connectivity index (χ0n) is 16.2. The van der Waals surface area contributed by atoms with Gasteiger partial charge in [0.25, 0.3) is 0 Å². The number of rotatable bonds is 5. The molecule has 2 saturated heterocycles. The summed E-state index contributed by atoms with van der Waals surface area (Å²) in [6.45, 7) is 3.08. The van der Waals surface area contributed by atoms with Crippen molar-refractivity contribution in [1.82, 2.24) is 9.62 Å². The third-order valence-corrected chi connectivity index (χ3v) is 8.37. The van der Waals surface area contributed by atoms with Crippen LogP contribution in [0.1, 0.15) is 25.7 Å². The lowest BCUT2D eigenvalue weighted by molar-refractivity contribution is 0.193. The highest BCUT2D eigenvalue weighted by molar-refractivity contribution is 7.91. The van der Waals surface area contributed by atoms with E-state index in [9.17, 15) is 13.2 Å². The summed E-state index contributed by atoms with van der Waals surface area (Å²) >= 11 is 1.21. The maximum atomic E-state index is 12.8. The fourth-order valence-corrected chi connectivity index (χ4v) is 6.22. The van der Waals surface area contributed by atoms with Crippen molar-refractivity contribution >= 4 is 38.8 Å². The zero-order valence-corrected chi connectivity index (χ0v) is 17.8. The molecule has 1 aromatic carbocycles. The lowest BCUT2D eigenvalue weighted by Crippen LogP contribution is -2.47. The largest absolute Gasteiger partial charge is 0.370 e. The van der Waals surface area contributed by atoms with Crippen LogP contribution in [0.25, 0.3) is 0 Å². The second kappa shape index (κ2) is 8.73. The Balaban J connectivity index is 1.33. The van der Waals surface area contributed by atoms with E-state index in [1.54, 1.807) is 22.4 Å². The molecule has 0 bridgehead atoms. The van der Waals surface area contributed by atoms with Gasteiger partial charge in [0.2, 0.25) is 10.0 Å². The van der Waals surface area contributed by atoms with Crippen LogP contribution in [0.3, 0.4) is 0 Å². The molecule has 1 aromatic heterocycles. The Morgan fingerprint density at radius 3 is 2.41 bits per heavy atom. The van der Waals surface area contributed by atoms with E-state index < -0.39 is 10.0 Å². The number of nitrogens with one attached hydrogen (secondary N) is 2. The van der Waals surface area contributed by atoms with E-state index in [4.69, 9.17) is 0 Å². The summed E-state index contributed by atoms with van der Waals surface area (Å²) in [5, 5.41) is 4.80. The Labute approximate surface area is 175 Å². The molecule has 4 rings (SSSR count). The Morgan fingerprint density at radius 2 is 1.72 bits per heavy atom. The monoisotopic (exact) mass is 434 g/mol. The van der Waals surface area contributed by atoms with Crippen molar-refractivity contribution in [3.05, 3.63) is 41.8 Å². The van der Waals surface area contributed by atoms with Gasteiger partial charge in [-0.1, -0.05) is 18.2 Å². The van der Waals surface area contributed by atoms with Crippen LogP contribution < -0.4 is 14.9 Å². The fourth-order valence-electron chi connectivity index (χ4n) is 3.90. The molecule has 29 heavy (non-hydrogen) atoms. The van der Waals surface area contributed by atoms with Crippen LogP contribution in [0.5, 0.6) is 0 Å². The fraction of sp³-hybridized carbons (Fsp3) is 0.450. The summed E-state index contributed by atoms with van der Waals surface area (Å²) in [5.41, 5.74) is 1.90. The molecule has 2 amide bonds. The number of piperidine rings is 1. The molecule has 156 valence electrons. The standard InChI is InChI=1S/C20H26N4O3S2/c25-20(21-17-6-1-2-7-18(17)23-11-3-4-12-23)24-13-9-16(10-14-24)22-29(26,27)19-8-5-15-28-19/h1-2,5-8,15-16,22H,3-4,9-14H2,(H,21,25). The second-order valence-electron chi connectivity index (χ2n) is 7.46. The van der Waals surface area contributed by atoms with Crippen LogP contribution in [0.2, 0.25) is 0 Å². The number of anilines is 2. The number of carbonyl (C=O) groups excluding carboxylic acids is 1. The van der Waals surface area contributed by atoms with Crippen molar-refractivity contribution < 1.29 is 13.2 Å². The van der Waals surface area contributed by atoms with Crippen molar-refractivity contribution in [2.45, 2.75) is 35.9 Å². The predicted octanol–water partition coefficient (Wildman–Crippen LogP) is 3.32. The normalized spacial score (nSPS) is 18.2. The molecule has 9 heteroatoms. The summed E-state index contributed by atoms with van der Waals surface area (Å²) in [7, 11) is -3.47. The Hall–Kier alpha value is -2.10. The smallest absolute Gasteiger partial charge is 0.321 e. The maximum absolute atomic E-state index is 12.8. The predicted molar refractivity (Wildman–Crippen MR) is 116 cm³/mol. The molecule has 0 unspecified atom stereocenters. The highest BCUT2D eigenvalue weighted by Gasteiger charge is 2.27. The van der Waals surface area contributed by atoms with E-state index in [0.717, 1.165) is 24.5 Å². The van der Waals surface area contributed by atoms with Crippen molar-refractivity contribution in [2.24, 2.45) is 0 Å². The van der Waals surface area contributed by atoms with Crippen LogP contribution in [0, 0.1) is 0 Å². The molecule has 2 aliphatic rings. The Kier molecular flexibility index (Phi) is 6.07. The first-order chi connectivity index (χ1) is 14.0. The lowest BCUT2D eigenvalue weighted by atomic mass is 10.1. The molecular weight excluding hydrogens is 408 g/mol. The topological polar surface area (TPSA) is 81.8 Å². The van der Waals surface area contributed by atoms with E-state index in [-0.39, 0.29) is 12.1 Å². The zero-order chi connectivity index (χ0) is 20.3. The number of para-hydroxylation sites is 2. The van der Waals surface area contributed by atoms with Gasteiger partial charge in [-0.3, -0.25) is 0 Å². The molecule has 0 aliphatic carbocycles. The molecule has 7 nitrogen and oxygen atoms in total. The van der Waals surface area contributed by atoms with Gasteiger partial charge in [-0.2, -0.15) is 0 Å². The molecule has 2 aliphatic heterocycles. The first kappa shape index (κ1) is 20.2. The summed E-state index contributed by atoms with van der Waals surface area (Å²) < 4.78 is 27.9. The van der Waals surface area contributed by atoms with Gasteiger partial charge >= 0.3 is 6.03 Å². The third kappa shape index (κ3) is 4.73. The molecule has 2 N–H and O–H groups in total. The molecule has 2 fully saturated rings. The van der Waals surface area contributed by atoms with E-state index >= 15 is 0 Å². The Morgan fingerprint density at radius 1 is 1.00 bits per heavy atom. The second-order valence-corrected chi connectivity index (χ2v) is 10.3. The van der Waals surface area contributed by atoms with Crippen molar-refractivity contribution in [1.29, 1.82) is 0 Å². The van der Waals surface area contributed by atoms with Crippen LogP contribution in [-0.2, 0) is 10.0 Å². The number of benzene rings is 1. The summed E-state index contributed by atoms with van der Waals surface area (Å²) in [6, 6.07) is 11.0. The number of carbonyl (C=O) groups is 1.